The zero-order chi connectivity index (χ0) is 21.0. The van der Waals surface area contributed by atoms with Crippen LogP contribution in [0.3, 0.4) is 0 Å². The number of carbonyl (C=O) groups is 1. The smallest absolute Gasteiger partial charge is 0.261 e. The summed E-state index contributed by atoms with van der Waals surface area (Å²) in [7, 11) is -3.96. The van der Waals surface area contributed by atoms with E-state index in [1.54, 1.807) is 19.1 Å². The minimum atomic E-state index is -3.96. The van der Waals surface area contributed by atoms with Crippen LogP contribution in [0.4, 0.5) is 14.5 Å². The van der Waals surface area contributed by atoms with Gasteiger partial charge in [-0.15, -0.1) is 0 Å². The molecule has 3 rings (SSSR count). The van der Waals surface area contributed by atoms with E-state index in [-0.39, 0.29) is 22.0 Å². The lowest BCUT2D eigenvalue weighted by Crippen LogP contribution is -2.27. The summed E-state index contributed by atoms with van der Waals surface area (Å²) in [5.74, 6) is -1.33. The van der Waals surface area contributed by atoms with Crippen LogP contribution in [-0.2, 0) is 10.0 Å². The first kappa shape index (κ1) is 20.5. The Hall–Kier alpha value is -3.26. The van der Waals surface area contributed by atoms with E-state index in [1.165, 1.54) is 48.5 Å². The standard InChI is InChI=1S/C21H18F2N2O3S/c1-14(15-5-7-17(22)8-6-15)24-21(26)16-3-2-4-20(13-16)29(27,28)25-19-11-9-18(23)10-12-19/h2-14,25H,1H3,(H,24,26)/t14-/m1/s1. The molecule has 0 heterocycles. The number of amides is 1. The molecule has 0 unspecified atom stereocenters. The van der Waals surface area contributed by atoms with E-state index in [9.17, 15) is 22.0 Å². The lowest BCUT2D eigenvalue weighted by atomic mass is 10.1. The van der Waals surface area contributed by atoms with Crippen molar-refractivity contribution in [3.05, 3.63) is 95.6 Å². The molecule has 0 saturated heterocycles. The lowest BCUT2D eigenvalue weighted by Gasteiger charge is -2.15. The monoisotopic (exact) mass is 416 g/mol. The Kier molecular flexibility index (Phi) is 5.93. The van der Waals surface area contributed by atoms with Gasteiger partial charge in [-0.1, -0.05) is 18.2 Å². The number of halogens is 2. The first-order chi connectivity index (χ1) is 13.7. The van der Waals surface area contributed by atoms with Gasteiger partial charge in [0.25, 0.3) is 15.9 Å². The van der Waals surface area contributed by atoms with Crippen LogP contribution in [-0.4, -0.2) is 14.3 Å². The van der Waals surface area contributed by atoms with Crippen LogP contribution in [0, 0.1) is 11.6 Å². The topological polar surface area (TPSA) is 75.3 Å². The SMILES string of the molecule is C[C@@H](NC(=O)c1cccc(S(=O)(=O)Nc2ccc(F)cc2)c1)c1ccc(F)cc1. The Morgan fingerprint density at radius 3 is 2.10 bits per heavy atom. The highest BCUT2D eigenvalue weighted by Gasteiger charge is 2.18. The van der Waals surface area contributed by atoms with Gasteiger partial charge in [-0.25, -0.2) is 17.2 Å². The predicted molar refractivity (Wildman–Crippen MR) is 106 cm³/mol. The highest BCUT2D eigenvalue weighted by atomic mass is 32.2. The fourth-order valence-electron chi connectivity index (χ4n) is 2.65. The Morgan fingerprint density at radius 1 is 0.897 bits per heavy atom. The Labute approximate surface area is 167 Å². The number of carbonyl (C=O) groups excluding carboxylic acids is 1. The van der Waals surface area contributed by atoms with Gasteiger partial charge in [-0.2, -0.15) is 0 Å². The van der Waals surface area contributed by atoms with Crippen molar-refractivity contribution in [1.82, 2.24) is 5.32 Å². The molecule has 0 spiro atoms. The maximum atomic E-state index is 13.0. The van der Waals surface area contributed by atoms with Crippen LogP contribution in [0.25, 0.3) is 0 Å². The van der Waals surface area contributed by atoms with Crippen molar-refractivity contribution in [2.45, 2.75) is 17.9 Å². The lowest BCUT2D eigenvalue weighted by molar-refractivity contribution is 0.0939. The van der Waals surface area contributed by atoms with E-state index < -0.39 is 27.8 Å². The van der Waals surface area contributed by atoms with Crippen molar-refractivity contribution >= 4 is 21.6 Å². The molecule has 0 aliphatic rings. The summed E-state index contributed by atoms with van der Waals surface area (Å²) in [6.07, 6.45) is 0. The molecule has 0 radical (unpaired) electrons. The average molecular weight is 416 g/mol. The number of hydrogen-bond acceptors (Lipinski definition) is 3. The summed E-state index contributed by atoms with van der Waals surface area (Å²) in [6.45, 7) is 1.74. The second-order valence-corrected chi connectivity index (χ2v) is 8.07. The molecule has 3 aromatic rings. The van der Waals surface area contributed by atoms with Gasteiger partial charge < -0.3 is 5.32 Å². The van der Waals surface area contributed by atoms with E-state index in [0.29, 0.717) is 5.56 Å². The highest BCUT2D eigenvalue weighted by molar-refractivity contribution is 7.92. The Morgan fingerprint density at radius 2 is 1.48 bits per heavy atom. The summed E-state index contributed by atoms with van der Waals surface area (Å²) >= 11 is 0. The van der Waals surface area contributed by atoms with Gasteiger partial charge in [0.2, 0.25) is 0 Å². The molecule has 0 aliphatic heterocycles. The minimum Gasteiger partial charge on any atom is -0.346 e. The second-order valence-electron chi connectivity index (χ2n) is 6.39. The predicted octanol–water partition coefficient (Wildman–Crippen LogP) is 4.26. The molecule has 3 aromatic carbocycles. The van der Waals surface area contributed by atoms with Crippen LogP contribution in [0.1, 0.15) is 28.9 Å². The first-order valence-corrected chi connectivity index (χ1v) is 10.2. The van der Waals surface area contributed by atoms with Gasteiger partial charge in [-0.05, 0) is 67.1 Å². The van der Waals surface area contributed by atoms with Gasteiger partial charge in [0.05, 0.1) is 10.9 Å². The van der Waals surface area contributed by atoms with Gasteiger partial charge in [0, 0.05) is 11.3 Å². The zero-order valence-electron chi connectivity index (χ0n) is 15.4. The van der Waals surface area contributed by atoms with Crippen LogP contribution in [0.2, 0.25) is 0 Å². The molecule has 1 atom stereocenters. The van der Waals surface area contributed by atoms with Crippen LogP contribution >= 0.6 is 0 Å². The van der Waals surface area contributed by atoms with Crippen molar-refractivity contribution < 1.29 is 22.0 Å². The normalized spacial score (nSPS) is 12.2. The van der Waals surface area contributed by atoms with Gasteiger partial charge in [-0.3, -0.25) is 9.52 Å². The molecular weight excluding hydrogens is 398 g/mol. The Bertz CT molecular complexity index is 1120. The van der Waals surface area contributed by atoms with Gasteiger partial charge in [0.1, 0.15) is 11.6 Å². The molecule has 0 aliphatic carbocycles. The van der Waals surface area contributed by atoms with E-state index >= 15 is 0 Å². The molecule has 0 fully saturated rings. The summed E-state index contributed by atoms with van der Waals surface area (Å²) in [4.78, 5) is 12.4. The Balaban J connectivity index is 1.76. The zero-order valence-corrected chi connectivity index (χ0v) is 16.2. The number of rotatable bonds is 6. The third-order valence-corrected chi connectivity index (χ3v) is 5.60. The van der Waals surface area contributed by atoms with Crippen molar-refractivity contribution in [3.63, 3.8) is 0 Å². The van der Waals surface area contributed by atoms with Crippen LogP contribution in [0.5, 0.6) is 0 Å². The van der Waals surface area contributed by atoms with E-state index in [2.05, 4.69) is 10.0 Å². The molecular formula is C21H18F2N2O3S. The van der Waals surface area contributed by atoms with E-state index in [0.717, 1.165) is 12.1 Å². The number of hydrogen-bond donors (Lipinski definition) is 2. The molecule has 2 N–H and O–H groups in total. The second kappa shape index (κ2) is 8.40. The summed E-state index contributed by atoms with van der Waals surface area (Å²) in [5, 5.41) is 2.75. The molecule has 150 valence electrons. The molecule has 1 amide bonds. The van der Waals surface area contributed by atoms with Crippen molar-refractivity contribution in [3.8, 4) is 0 Å². The average Bonchev–Trinajstić information content (AvgIpc) is 2.70. The van der Waals surface area contributed by atoms with Crippen molar-refractivity contribution in [2.75, 3.05) is 4.72 Å². The van der Waals surface area contributed by atoms with Crippen molar-refractivity contribution in [1.29, 1.82) is 0 Å². The van der Waals surface area contributed by atoms with Crippen LogP contribution < -0.4 is 10.0 Å². The molecule has 5 nitrogen and oxygen atoms in total. The minimum absolute atomic E-state index is 0.107. The highest BCUT2D eigenvalue weighted by Crippen LogP contribution is 2.19. The maximum Gasteiger partial charge on any atom is 0.261 e. The van der Waals surface area contributed by atoms with Crippen molar-refractivity contribution in [2.24, 2.45) is 0 Å². The van der Waals surface area contributed by atoms with Gasteiger partial charge >= 0.3 is 0 Å². The third kappa shape index (κ3) is 5.17. The maximum absolute atomic E-state index is 13.0. The fraction of sp³-hybridized carbons (Fsp3) is 0.0952. The van der Waals surface area contributed by atoms with Crippen LogP contribution in [0.15, 0.2) is 77.7 Å². The van der Waals surface area contributed by atoms with E-state index in [4.69, 9.17) is 0 Å². The van der Waals surface area contributed by atoms with E-state index in [1.807, 2.05) is 0 Å². The number of anilines is 1. The molecule has 8 heteroatoms. The number of benzene rings is 3. The first-order valence-electron chi connectivity index (χ1n) is 8.69. The summed E-state index contributed by atoms with van der Waals surface area (Å²) in [5.41, 5.74) is 1.06. The molecule has 29 heavy (non-hydrogen) atoms. The largest absolute Gasteiger partial charge is 0.346 e. The molecule has 0 bridgehead atoms. The number of nitrogens with one attached hydrogen (secondary N) is 2. The fourth-order valence-corrected chi connectivity index (χ4v) is 3.76. The summed E-state index contributed by atoms with van der Waals surface area (Å²) in [6, 6.07) is 15.7. The molecule has 0 saturated carbocycles. The summed E-state index contributed by atoms with van der Waals surface area (Å²) < 4.78 is 53.5. The number of sulfonamides is 1. The third-order valence-electron chi connectivity index (χ3n) is 4.22. The van der Waals surface area contributed by atoms with Gasteiger partial charge in [0.15, 0.2) is 0 Å². The molecule has 0 aromatic heterocycles. The quantitative estimate of drug-likeness (QED) is 0.631.